The molecule has 1 unspecified atom stereocenters. The molecule has 1 atom stereocenters. The number of carbonyl (C=O) groups is 1. The molecule has 0 rings (SSSR count). The minimum atomic E-state index is -0.210. The molecule has 0 aliphatic heterocycles. The van der Waals surface area contributed by atoms with Gasteiger partial charge in [0.15, 0.2) is 0 Å². The predicted molar refractivity (Wildman–Crippen MR) is 62.7 cm³/mol. The highest BCUT2D eigenvalue weighted by Crippen LogP contribution is 2.07. The van der Waals surface area contributed by atoms with Crippen LogP contribution in [0.15, 0.2) is 12.2 Å². The average molecular weight is 213 g/mol. The van der Waals surface area contributed by atoms with E-state index in [1.807, 2.05) is 0 Å². The van der Waals surface area contributed by atoms with Gasteiger partial charge in [-0.05, 0) is 18.8 Å². The normalized spacial score (nSPS) is 12.6. The van der Waals surface area contributed by atoms with Gasteiger partial charge in [-0.15, -0.1) is 0 Å². The summed E-state index contributed by atoms with van der Waals surface area (Å²) in [5, 5.41) is 3.18. The third-order valence-corrected chi connectivity index (χ3v) is 2.29. The van der Waals surface area contributed by atoms with Crippen LogP contribution < -0.4 is 5.32 Å². The highest BCUT2D eigenvalue weighted by molar-refractivity contribution is 5.75. The van der Waals surface area contributed by atoms with E-state index < -0.39 is 0 Å². The van der Waals surface area contributed by atoms with E-state index in [1.54, 1.807) is 0 Å². The summed E-state index contributed by atoms with van der Waals surface area (Å²) in [5.41, 5.74) is 1.10. The van der Waals surface area contributed by atoms with E-state index >= 15 is 0 Å². The number of hydrogen-bond donors (Lipinski definition) is 1. The van der Waals surface area contributed by atoms with Crippen molar-refractivity contribution >= 4 is 5.97 Å². The fourth-order valence-electron chi connectivity index (χ4n) is 1.27. The molecular formula is C12H23NO2. The van der Waals surface area contributed by atoms with Crippen molar-refractivity contribution in [3.05, 3.63) is 12.2 Å². The molecule has 0 saturated heterocycles. The fourth-order valence-corrected chi connectivity index (χ4v) is 1.27. The summed E-state index contributed by atoms with van der Waals surface area (Å²) in [6, 6.07) is -0.210. The summed E-state index contributed by atoms with van der Waals surface area (Å²) in [7, 11) is 1.42. The lowest BCUT2D eigenvalue weighted by molar-refractivity contribution is -0.143. The number of methoxy groups -OCH3 is 1. The van der Waals surface area contributed by atoms with E-state index in [1.165, 1.54) is 7.11 Å². The van der Waals surface area contributed by atoms with Gasteiger partial charge >= 0.3 is 5.97 Å². The molecule has 0 aromatic rings. The van der Waals surface area contributed by atoms with Gasteiger partial charge in [0.1, 0.15) is 6.04 Å². The molecule has 3 heteroatoms. The lowest BCUT2D eigenvalue weighted by atomic mass is 10.0. The monoisotopic (exact) mass is 213 g/mol. The third-order valence-electron chi connectivity index (χ3n) is 2.29. The van der Waals surface area contributed by atoms with Gasteiger partial charge < -0.3 is 10.1 Å². The number of hydrogen-bond acceptors (Lipinski definition) is 3. The number of nitrogens with one attached hydrogen (secondary N) is 1. The van der Waals surface area contributed by atoms with Gasteiger partial charge in [0.2, 0.25) is 0 Å². The number of carbonyl (C=O) groups excluding carboxylic acids is 1. The summed E-state index contributed by atoms with van der Waals surface area (Å²) in [6.07, 6.45) is 1.73. The van der Waals surface area contributed by atoms with Crippen molar-refractivity contribution in [2.24, 2.45) is 5.92 Å². The van der Waals surface area contributed by atoms with Crippen LogP contribution in [0.3, 0.4) is 0 Å². The Labute approximate surface area is 92.9 Å². The zero-order valence-electron chi connectivity index (χ0n) is 10.3. The minimum absolute atomic E-state index is 0.187. The van der Waals surface area contributed by atoms with Crippen LogP contribution in [0.2, 0.25) is 0 Å². The van der Waals surface area contributed by atoms with Gasteiger partial charge in [0.25, 0.3) is 0 Å². The summed E-state index contributed by atoms with van der Waals surface area (Å²) in [4.78, 5) is 11.4. The first kappa shape index (κ1) is 14.2. The zero-order valence-corrected chi connectivity index (χ0v) is 10.3. The molecule has 0 fully saturated rings. The second-order valence-electron chi connectivity index (χ2n) is 4.19. The smallest absolute Gasteiger partial charge is 0.322 e. The first-order valence-corrected chi connectivity index (χ1v) is 5.49. The molecule has 0 amide bonds. The Morgan fingerprint density at radius 3 is 2.47 bits per heavy atom. The van der Waals surface area contributed by atoms with Crippen molar-refractivity contribution in [2.75, 3.05) is 13.7 Å². The minimum Gasteiger partial charge on any atom is -0.468 e. The van der Waals surface area contributed by atoms with Gasteiger partial charge in [-0.25, -0.2) is 0 Å². The highest BCUT2D eigenvalue weighted by atomic mass is 16.5. The molecule has 0 heterocycles. The summed E-state index contributed by atoms with van der Waals surface area (Å²) in [5.74, 6) is 0.282. The van der Waals surface area contributed by atoms with E-state index in [9.17, 15) is 4.79 Å². The van der Waals surface area contributed by atoms with Gasteiger partial charge in [0, 0.05) is 6.54 Å². The van der Waals surface area contributed by atoms with Crippen molar-refractivity contribution in [2.45, 2.75) is 39.7 Å². The molecule has 0 bridgehead atoms. The molecule has 0 spiro atoms. The number of ether oxygens (including phenoxy) is 1. The maximum atomic E-state index is 11.4. The first-order valence-electron chi connectivity index (χ1n) is 5.49. The molecule has 0 aromatic heterocycles. The predicted octanol–water partition coefficient (Wildman–Crippen LogP) is 2.13. The van der Waals surface area contributed by atoms with Crippen molar-refractivity contribution in [3.63, 3.8) is 0 Å². The van der Waals surface area contributed by atoms with Gasteiger partial charge in [-0.1, -0.05) is 32.9 Å². The third kappa shape index (κ3) is 6.28. The first-order chi connectivity index (χ1) is 7.01. The molecule has 1 N–H and O–H groups in total. The standard InChI is InChI=1S/C12H23NO2/c1-6-10(4)8-13-11(7-9(2)3)12(14)15-5/h9,11,13H,4,6-8H2,1-3,5H3. The van der Waals surface area contributed by atoms with Crippen molar-refractivity contribution in [3.8, 4) is 0 Å². The molecule has 0 aliphatic carbocycles. The van der Waals surface area contributed by atoms with Crippen molar-refractivity contribution in [1.29, 1.82) is 0 Å². The topological polar surface area (TPSA) is 38.3 Å². The Morgan fingerprint density at radius 2 is 2.07 bits per heavy atom. The summed E-state index contributed by atoms with van der Waals surface area (Å²) < 4.78 is 4.75. The molecule has 0 aromatic carbocycles. The summed E-state index contributed by atoms with van der Waals surface area (Å²) in [6.45, 7) is 10.8. The van der Waals surface area contributed by atoms with Crippen LogP contribution in [0.5, 0.6) is 0 Å². The molecule has 3 nitrogen and oxygen atoms in total. The van der Waals surface area contributed by atoms with Gasteiger partial charge in [-0.3, -0.25) is 4.79 Å². The van der Waals surface area contributed by atoms with Crippen LogP contribution in [-0.2, 0) is 9.53 Å². The molecule has 0 aliphatic rings. The van der Waals surface area contributed by atoms with Gasteiger partial charge in [-0.2, -0.15) is 0 Å². The van der Waals surface area contributed by atoms with E-state index in [0.717, 1.165) is 18.4 Å². The zero-order chi connectivity index (χ0) is 11.8. The van der Waals surface area contributed by atoms with Crippen LogP contribution >= 0.6 is 0 Å². The second-order valence-corrected chi connectivity index (χ2v) is 4.19. The SMILES string of the molecule is C=C(CC)CNC(CC(C)C)C(=O)OC. The maximum Gasteiger partial charge on any atom is 0.322 e. The van der Waals surface area contributed by atoms with Crippen molar-refractivity contribution < 1.29 is 9.53 Å². The quantitative estimate of drug-likeness (QED) is 0.520. The number of esters is 1. The Balaban J connectivity index is 4.12. The van der Waals surface area contributed by atoms with Gasteiger partial charge in [0.05, 0.1) is 7.11 Å². The van der Waals surface area contributed by atoms with Crippen LogP contribution in [0.4, 0.5) is 0 Å². The molecular weight excluding hydrogens is 190 g/mol. The van der Waals surface area contributed by atoms with E-state index in [2.05, 4.69) is 32.7 Å². The molecule has 15 heavy (non-hydrogen) atoms. The maximum absolute atomic E-state index is 11.4. The molecule has 0 saturated carbocycles. The largest absolute Gasteiger partial charge is 0.468 e. The lowest BCUT2D eigenvalue weighted by Gasteiger charge is -2.18. The van der Waals surface area contributed by atoms with E-state index in [-0.39, 0.29) is 12.0 Å². The lowest BCUT2D eigenvalue weighted by Crippen LogP contribution is -2.39. The number of rotatable bonds is 7. The van der Waals surface area contributed by atoms with Crippen molar-refractivity contribution in [1.82, 2.24) is 5.32 Å². The van der Waals surface area contributed by atoms with Crippen LogP contribution in [0.25, 0.3) is 0 Å². The van der Waals surface area contributed by atoms with Crippen LogP contribution in [-0.4, -0.2) is 25.7 Å². The Kier molecular flexibility index (Phi) is 7.05. The van der Waals surface area contributed by atoms with E-state index in [4.69, 9.17) is 4.74 Å². The summed E-state index contributed by atoms with van der Waals surface area (Å²) >= 11 is 0. The Morgan fingerprint density at radius 1 is 1.47 bits per heavy atom. The van der Waals surface area contributed by atoms with Crippen LogP contribution in [0, 0.1) is 5.92 Å². The second kappa shape index (κ2) is 7.46. The highest BCUT2D eigenvalue weighted by Gasteiger charge is 2.19. The fraction of sp³-hybridized carbons (Fsp3) is 0.750. The molecule has 0 radical (unpaired) electrons. The van der Waals surface area contributed by atoms with E-state index in [0.29, 0.717) is 12.5 Å². The Bertz CT molecular complexity index is 212. The van der Waals surface area contributed by atoms with Crippen LogP contribution in [0.1, 0.15) is 33.6 Å². The Hall–Kier alpha value is -0.830. The average Bonchev–Trinajstić information content (AvgIpc) is 2.21. The molecule has 88 valence electrons.